The fraction of sp³-hybridized carbons (Fsp3) is 1.00. The minimum atomic E-state index is 0.324. The molecule has 0 aromatic carbocycles. The van der Waals surface area contributed by atoms with Gasteiger partial charge in [-0.25, -0.2) is 0 Å². The third-order valence-electron chi connectivity index (χ3n) is 4.83. The zero-order valence-corrected chi connectivity index (χ0v) is 13.9. The molecule has 2 heterocycles. The zero-order valence-electron chi connectivity index (χ0n) is 13.9. The van der Waals surface area contributed by atoms with Crippen molar-refractivity contribution in [1.82, 2.24) is 14.7 Å². The molecule has 0 atom stereocenters. The van der Waals surface area contributed by atoms with Gasteiger partial charge < -0.3 is 4.74 Å². The molecular formula is C16H33N3O. The Morgan fingerprint density at radius 2 is 1.45 bits per heavy atom. The Morgan fingerprint density at radius 1 is 0.900 bits per heavy atom. The maximum Gasteiger partial charge on any atom is 0.0507 e. The number of rotatable bonds is 4. The van der Waals surface area contributed by atoms with E-state index in [4.69, 9.17) is 4.74 Å². The summed E-state index contributed by atoms with van der Waals surface area (Å²) in [6, 6.07) is 0. The van der Waals surface area contributed by atoms with Crippen LogP contribution in [0.2, 0.25) is 0 Å². The second-order valence-corrected chi connectivity index (χ2v) is 7.43. The summed E-state index contributed by atoms with van der Waals surface area (Å²) in [5.74, 6) is 0.786. The van der Waals surface area contributed by atoms with Crippen molar-refractivity contribution >= 4 is 0 Å². The van der Waals surface area contributed by atoms with Crippen LogP contribution in [-0.2, 0) is 4.74 Å². The highest BCUT2D eigenvalue weighted by atomic mass is 16.5. The molecule has 0 aromatic rings. The first-order chi connectivity index (χ1) is 9.49. The monoisotopic (exact) mass is 283 g/mol. The maximum atomic E-state index is 5.28. The largest absolute Gasteiger partial charge is 0.384 e. The standard InChI is InChI=1S/C16H33N3O/c1-16(2,3)19-11-9-18(10-12-19)14-17-7-5-15(6-8-17)13-20-4/h15H,5-14H2,1-4H3. The number of nitrogens with zero attached hydrogens (tertiary/aromatic N) is 3. The van der Waals surface area contributed by atoms with E-state index >= 15 is 0 Å². The highest BCUT2D eigenvalue weighted by Gasteiger charge is 2.27. The van der Waals surface area contributed by atoms with E-state index in [9.17, 15) is 0 Å². The van der Waals surface area contributed by atoms with Crippen LogP contribution in [0.25, 0.3) is 0 Å². The average molecular weight is 283 g/mol. The molecule has 2 saturated heterocycles. The number of piperazine rings is 1. The molecule has 0 aromatic heterocycles. The Morgan fingerprint density at radius 3 is 1.95 bits per heavy atom. The van der Waals surface area contributed by atoms with Gasteiger partial charge in [0.05, 0.1) is 6.67 Å². The lowest BCUT2D eigenvalue weighted by Gasteiger charge is -2.44. The maximum absolute atomic E-state index is 5.28. The summed E-state index contributed by atoms with van der Waals surface area (Å²) in [4.78, 5) is 7.85. The van der Waals surface area contributed by atoms with Gasteiger partial charge in [0.2, 0.25) is 0 Å². The summed E-state index contributed by atoms with van der Waals surface area (Å²) in [7, 11) is 1.82. The number of likely N-dealkylation sites (tertiary alicyclic amines) is 1. The molecule has 0 aliphatic carbocycles. The van der Waals surface area contributed by atoms with Crippen LogP contribution in [0.15, 0.2) is 0 Å². The summed E-state index contributed by atoms with van der Waals surface area (Å²) < 4.78 is 5.28. The van der Waals surface area contributed by atoms with E-state index in [1.807, 2.05) is 7.11 Å². The second kappa shape index (κ2) is 7.21. The molecule has 2 aliphatic rings. The third-order valence-corrected chi connectivity index (χ3v) is 4.83. The van der Waals surface area contributed by atoms with Gasteiger partial charge in [-0.15, -0.1) is 0 Å². The van der Waals surface area contributed by atoms with Crippen LogP contribution in [-0.4, -0.2) is 79.9 Å². The number of ether oxygens (including phenoxy) is 1. The second-order valence-electron chi connectivity index (χ2n) is 7.43. The Bertz CT molecular complexity index is 274. The smallest absolute Gasteiger partial charge is 0.0507 e. The predicted octanol–water partition coefficient (Wildman–Crippen LogP) is 1.72. The summed E-state index contributed by atoms with van der Waals surface area (Å²) in [6.07, 6.45) is 2.60. The predicted molar refractivity (Wildman–Crippen MR) is 83.9 cm³/mol. The topological polar surface area (TPSA) is 19.0 Å². The molecule has 4 heteroatoms. The van der Waals surface area contributed by atoms with E-state index in [1.165, 1.54) is 52.1 Å². The number of piperidine rings is 1. The molecule has 2 fully saturated rings. The molecule has 20 heavy (non-hydrogen) atoms. The van der Waals surface area contributed by atoms with Gasteiger partial charge in [0, 0.05) is 45.4 Å². The van der Waals surface area contributed by atoms with Crippen molar-refractivity contribution in [3.8, 4) is 0 Å². The van der Waals surface area contributed by atoms with Crippen molar-refractivity contribution < 1.29 is 4.74 Å². The van der Waals surface area contributed by atoms with E-state index in [2.05, 4.69) is 35.5 Å². The lowest BCUT2D eigenvalue weighted by atomic mass is 9.98. The van der Waals surface area contributed by atoms with Gasteiger partial charge in [-0.2, -0.15) is 0 Å². The van der Waals surface area contributed by atoms with Crippen molar-refractivity contribution in [2.45, 2.75) is 39.2 Å². The average Bonchev–Trinajstić information content (AvgIpc) is 2.41. The molecule has 0 spiro atoms. The molecule has 4 nitrogen and oxygen atoms in total. The Labute approximate surface area is 125 Å². The van der Waals surface area contributed by atoms with Crippen LogP contribution in [0, 0.1) is 5.92 Å². The Kier molecular flexibility index (Phi) is 5.84. The minimum Gasteiger partial charge on any atom is -0.384 e. The van der Waals surface area contributed by atoms with Gasteiger partial charge in [0.25, 0.3) is 0 Å². The lowest BCUT2D eigenvalue weighted by Crippen LogP contribution is -2.55. The number of hydrogen-bond donors (Lipinski definition) is 0. The molecular weight excluding hydrogens is 250 g/mol. The molecule has 0 saturated carbocycles. The van der Waals surface area contributed by atoms with E-state index in [0.29, 0.717) is 5.54 Å². The first-order valence-electron chi connectivity index (χ1n) is 8.18. The quantitative estimate of drug-likeness (QED) is 0.782. The summed E-state index contributed by atoms with van der Waals surface area (Å²) >= 11 is 0. The van der Waals surface area contributed by atoms with E-state index in [1.54, 1.807) is 0 Å². The summed E-state index contributed by atoms with van der Waals surface area (Å²) in [6.45, 7) is 16.4. The molecule has 2 aliphatic heterocycles. The first kappa shape index (κ1) is 16.2. The van der Waals surface area contributed by atoms with Gasteiger partial charge in [0.15, 0.2) is 0 Å². The van der Waals surface area contributed by atoms with Crippen molar-refractivity contribution in [3.05, 3.63) is 0 Å². The fourth-order valence-corrected chi connectivity index (χ4v) is 3.37. The molecule has 0 unspecified atom stereocenters. The SMILES string of the molecule is COCC1CCN(CN2CCN(C(C)(C)C)CC2)CC1. The van der Waals surface area contributed by atoms with E-state index < -0.39 is 0 Å². The Balaban J connectivity index is 1.66. The molecule has 118 valence electrons. The molecule has 0 N–H and O–H groups in total. The van der Waals surface area contributed by atoms with Crippen molar-refractivity contribution in [2.75, 3.05) is 59.7 Å². The van der Waals surface area contributed by atoms with Gasteiger partial charge in [0.1, 0.15) is 0 Å². The van der Waals surface area contributed by atoms with Gasteiger partial charge >= 0.3 is 0 Å². The van der Waals surface area contributed by atoms with Crippen molar-refractivity contribution in [3.63, 3.8) is 0 Å². The van der Waals surface area contributed by atoms with Gasteiger partial charge in [-0.05, 0) is 52.6 Å². The fourth-order valence-electron chi connectivity index (χ4n) is 3.37. The minimum absolute atomic E-state index is 0.324. The zero-order chi connectivity index (χ0) is 14.6. The van der Waals surface area contributed by atoms with Gasteiger partial charge in [-0.1, -0.05) is 0 Å². The van der Waals surface area contributed by atoms with Crippen LogP contribution >= 0.6 is 0 Å². The molecule has 0 bridgehead atoms. The Hall–Kier alpha value is -0.160. The molecule has 2 rings (SSSR count). The van der Waals surface area contributed by atoms with Crippen molar-refractivity contribution in [2.24, 2.45) is 5.92 Å². The third kappa shape index (κ3) is 4.69. The molecule has 0 radical (unpaired) electrons. The summed E-state index contributed by atoms with van der Waals surface area (Å²) in [5, 5.41) is 0. The highest BCUT2D eigenvalue weighted by molar-refractivity contribution is 4.82. The van der Waals surface area contributed by atoms with E-state index in [-0.39, 0.29) is 0 Å². The first-order valence-corrected chi connectivity index (χ1v) is 8.18. The van der Waals surface area contributed by atoms with Crippen LogP contribution in [0.4, 0.5) is 0 Å². The lowest BCUT2D eigenvalue weighted by molar-refractivity contribution is 0.0186. The van der Waals surface area contributed by atoms with Crippen LogP contribution in [0.5, 0.6) is 0 Å². The normalized spacial score (nSPS) is 25.2. The van der Waals surface area contributed by atoms with Crippen LogP contribution < -0.4 is 0 Å². The van der Waals surface area contributed by atoms with Crippen LogP contribution in [0.1, 0.15) is 33.6 Å². The van der Waals surface area contributed by atoms with Crippen LogP contribution in [0.3, 0.4) is 0 Å². The number of methoxy groups -OCH3 is 1. The number of hydrogen-bond acceptors (Lipinski definition) is 4. The van der Waals surface area contributed by atoms with Gasteiger partial charge in [-0.3, -0.25) is 14.7 Å². The van der Waals surface area contributed by atoms with Crippen molar-refractivity contribution in [1.29, 1.82) is 0 Å². The summed E-state index contributed by atoms with van der Waals surface area (Å²) in [5.41, 5.74) is 0.324. The highest BCUT2D eigenvalue weighted by Crippen LogP contribution is 2.19. The van der Waals surface area contributed by atoms with E-state index in [0.717, 1.165) is 19.2 Å². The molecule has 0 amide bonds.